The minimum Gasteiger partial charge on any atom is -0.445 e. The average Bonchev–Trinajstić information content (AvgIpc) is 2.26. The number of ether oxygens (including phenoxy) is 1. The Morgan fingerprint density at radius 2 is 1.94 bits per heavy atom. The van der Waals surface area contributed by atoms with Crippen LogP contribution in [-0.2, 0) is 11.3 Å². The average molecular weight is 237 g/mol. The van der Waals surface area contributed by atoms with Crippen LogP contribution in [0.25, 0.3) is 0 Å². The van der Waals surface area contributed by atoms with Gasteiger partial charge in [0.1, 0.15) is 6.61 Å². The van der Waals surface area contributed by atoms with Crippen molar-refractivity contribution in [1.29, 1.82) is 0 Å². The number of nitrogens with one attached hydrogen (secondary N) is 1. The number of amides is 1. The third-order valence-electron chi connectivity index (χ3n) is 2.05. The molecule has 0 aliphatic carbocycles. The number of hydrogen-bond donors (Lipinski definition) is 3. The van der Waals surface area contributed by atoms with E-state index in [0.717, 1.165) is 5.56 Å². The van der Waals surface area contributed by atoms with E-state index in [4.69, 9.17) is 14.8 Å². The molecule has 3 N–H and O–H groups in total. The van der Waals surface area contributed by atoms with Gasteiger partial charge in [0.25, 0.3) is 0 Å². The van der Waals surface area contributed by atoms with Crippen molar-refractivity contribution in [1.82, 2.24) is 5.32 Å². The van der Waals surface area contributed by atoms with Crippen LogP contribution >= 0.6 is 0 Å². The Hall–Kier alpha value is -1.53. The summed E-state index contributed by atoms with van der Waals surface area (Å²) in [4.78, 5) is 11.2. The van der Waals surface area contributed by atoms with Gasteiger partial charge in [0.2, 0.25) is 0 Å². The molecule has 17 heavy (non-hydrogen) atoms. The molecule has 1 aromatic carbocycles. The van der Waals surface area contributed by atoms with Gasteiger partial charge in [-0.15, -0.1) is 0 Å². The Bertz CT molecular complexity index is 364. The molecule has 1 rings (SSSR count). The summed E-state index contributed by atoms with van der Waals surface area (Å²) in [7, 11) is -1.48. The van der Waals surface area contributed by atoms with E-state index in [-0.39, 0.29) is 12.6 Å². The van der Waals surface area contributed by atoms with Crippen molar-refractivity contribution in [2.24, 2.45) is 0 Å². The minimum absolute atomic E-state index is 0.0365. The van der Waals surface area contributed by atoms with E-state index < -0.39 is 13.2 Å². The molecule has 1 aromatic rings. The fourth-order valence-corrected chi connectivity index (χ4v) is 1.21. The highest BCUT2D eigenvalue weighted by molar-refractivity contribution is 6.58. The van der Waals surface area contributed by atoms with E-state index in [9.17, 15) is 4.79 Å². The van der Waals surface area contributed by atoms with E-state index in [0.29, 0.717) is 5.46 Å². The molecule has 0 aromatic heterocycles. The summed E-state index contributed by atoms with van der Waals surface area (Å²) in [5.41, 5.74) is 1.19. The van der Waals surface area contributed by atoms with Gasteiger partial charge >= 0.3 is 13.2 Å². The first-order valence-corrected chi connectivity index (χ1v) is 5.37. The van der Waals surface area contributed by atoms with Crippen molar-refractivity contribution in [3.8, 4) is 0 Å². The maximum absolute atomic E-state index is 11.2. The third-order valence-corrected chi connectivity index (χ3v) is 2.05. The largest absolute Gasteiger partial charge is 0.488 e. The van der Waals surface area contributed by atoms with E-state index in [1.807, 2.05) is 13.8 Å². The van der Waals surface area contributed by atoms with Crippen molar-refractivity contribution in [3.05, 3.63) is 29.8 Å². The topological polar surface area (TPSA) is 78.8 Å². The summed E-state index contributed by atoms with van der Waals surface area (Å²) < 4.78 is 4.96. The molecule has 0 aliphatic heterocycles. The second kappa shape index (κ2) is 6.27. The molecular weight excluding hydrogens is 221 g/mol. The highest BCUT2D eigenvalue weighted by Gasteiger charge is 2.10. The van der Waals surface area contributed by atoms with Crippen molar-refractivity contribution in [2.45, 2.75) is 26.5 Å². The second-order valence-electron chi connectivity index (χ2n) is 3.99. The summed E-state index contributed by atoms with van der Waals surface area (Å²) in [6, 6.07) is 6.54. The summed E-state index contributed by atoms with van der Waals surface area (Å²) in [5.74, 6) is 0. The molecule has 0 aliphatic rings. The lowest BCUT2D eigenvalue weighted by Crippen LogP contribution is -2.31. The van der Waals surface area contributed by atoms with Crippen LogP contribution in [0.1, 0.15) is 19.4 Å². The maximum Gasteiger partial charge on any atom is 0.488 e. The number of rotatable bonds is 4. The van der Waals surface area contributed by atoms with Gasteiger partial charge in [0.05, 0.1) is 0 Å². The fourth-order valence-electron chi connectivity index (χ4n) is 1.21. The van der Waals surface area contributed by atoms with Crippen molar-refractivity contribution in [3.63, 3.8) is 0 Å². The van der Waals surface area contributed by atoms with Crippen LogP contribution < -0.4 is 10.8 Å². The van der Waals surface area contributed by atoms with Crippen molar-refractivity contribution >= 4 is 18.7 Å². The number of benzene rings is 1. The zero-order chi connectivity index (χ0) is 12.8. The van der Waals surface area contributed by atoms with Crippen molar-refractivity contribution < 1.29 is 19.6 Å². The van der Waals surface area contributed by atoms with E-state index in [1.54, 1.807) is 24.3 Å². The first kappa shape index (κ1) is 13.5. The predicted octanol–water partition coefficient (Wildman–Crippen LogP) is 0.001000. The second-order valence-corrected chi connectivity index (χ2v) is 3.99. The number of hydrogen-bond acceptors (Lipinski definition) is 4. The van der Waals surface area contributed by atoms with Gasteiger partial charge in [0, 0.05) is 6.04 Å². The molecule has 0 unspecified atom stereocenters. The number of carbonyl (C=O) groups excluding carboxylic acids is 1. The van der Waals surface area contributed by atoms with E-state index >= 15 is 0 Å². The lowest BCUT2D eigenvalue weighted by molar-refractivity contribution is 0.137. The van der Waals surface area contributed by atoms with Crippen LogP contribution in [0, 0.1) is 0 Å². The van der Waals surface area contributed by atoms with Gasteiger partial charge in [-0.25, -0.2) is 4.79 Å². The van der Waals surface area contributed by atoms with E-state index in [1.165, 1.54) is 0 Å². The Labute approximate surface area is 101 Å². The van der Waals surface area contributed by atoms with Gasteiger partial charge in [-0.3, -0.25) is 0 Å². The van der Waals surface area contributed by atoms with Gasteiger partial charge in [-0.1, -0.05) is 24.3 Å². The standard InChI is InChI=1S/C11H16BNO4/c1-8(2)13-11(14)17-7-9-3-5-10(6-4-9)12(15)16/h3-6,8,15-16H,7H2,1-2H3,(H,13,14). The van der Waals surface area contributed by atoms with Crippen LogP contribution in [0.2, 0.25) is 0 Å². The molecule has 6 heteroatoms. The van der Waals surface area contributed by atoms with Crippen LogP contribution in [-0.4, -0.2) is 29.3 Å². The quantitative estimate of drug-likeness (QED) is 0.644. The maximum atomic E-state index is 11.2. The predicted molar refractivity (Wildman–Crippen MR) is 64.7 cm³/mol. The Morgan fingerprint density at radius 3 is 2.41 bits per heavy atom. The molecule has 1 amide bonds. The Balaban J connectivity index is 2.44. The lowest BCUT2D eigenvalue weighted by atomic mass is 9.80. The van der Waals surface area contributed by atoms with Gasteiger partial charge in [-0.05, 0) is 24.9 Å². The first-order chi connectivity index (χ1) is 7.99. The Kier molecular flexibility index (Phi) is 4.99. The molecule has 0 spiro atoms. The molecule has 0 fully saturated rings. The normalized spacial score (nSPS) is 10.2. The molecule has 0 saturated carbocycles. The summed E-state index contributed by atoms with van der Waals surface area (Å²) in [6.45, 7) is 3.84. The highest BCUT2D eigenvalue weighted by atomic mass is 16.5. The third kappa shape index (κ3) is 4.88. The molecule has 5 nitrogen and oxygen atoms in total. The van der Waals surface area contributed by atoms with Gasteiger partial charge in [-0.2, -0.15) is 0 Å². The molecule has 0 heterocycles. The summed E-state index contributed by atoms with van der Waals surface area (Å²) >= 11 is 0. The first-order valence-electron chi connectivity index (χ1n) is 5.37. The molecule has 0 radical (unpaired) electrons. The summed E-state index contributed by atoms with van der Waals surface area (Å²) in [6.07, 6.45) is -0.466. The monoisotopic (exact) mass is 237 g/mol. The van der Waals surface area contributed by atoms with Crippen LogP contribution in [0.5, 0.6) is 0 Å². The molecule has 0 atom stereocenters. The zero-order valence-electron chi connectivity index (χ0n) is 9.88. The molecular formula is C11H16BNO4. The summed E-state index contributed by atoms with van der Waals surface area (Å²) in [5, 5.41) is 20.4. The molecule has 0 saturated heterocycles. The highest BCUT2D eigenvalue weighted by Crippen LogP contribution is 2.00. The number of carbonyl (C=O) groups is 1. The van der Waals surface area contributed by atoms with Crippen LogP contribution in [0.15, 0.2) is 24.3 Å². The van der Waals surface area contributed by atoms with Crippen molar-refractivity contribution in [2.75, 3.05) is 0 Å². The smallest absolute Gasteiger partial charge is 0.445 e. The zero-order valence-corrected chi connectivity index (χ0v) is 9.88. The van der Waals surface area contributed by atoms with Crippen LogP contribution in [0.4, 0.5) is 4.79 Å². The SMILES string of the molecule is CC(C)NC(=O)OCc1ccc(B(O)O)cc1. The fraction of sp³-hybridized carbons (Fsp3) is 0.364. The lowest BCUT2D eigenvalue weighted by Gasteiger charge is -2.09. The minimum atomic E-state index is -1.48. The molecule has 92 valence electrons. The number of alkyl carbamates (subject to hydrolysis) is 1. The van der Waals surface area contributed by atoms with Gasteiger partial charge in [0.15, 0.2) is 0 Å². The van der Waals surface area contributed by atoms with Crippen LogP contribution in [0.3, 0.4) is 0 Å². The molecule has 0 bridgehead atoms. The van der Waals surface area contributed by atoms with E-state index in [2.05, 4.69) is 5.32 Å². The Morgan fingerprint density at radius 1 is 1.35 bits per heavy atom. The van der Waals surface area contributed by atoms with Gasteiger partial charge < -0.3 is 20.1 Å².